The van der Waals surface area contributed by atoms with Crippen LogP contribution in [0.2, 0.25) is 0 Å². The van der Waals surface area contributed by atoms with Crippen LogP contribution >= 0.6 is 0 Å². The Kier molecular flexibility index (Phi) is 9.05. The van der Waals surface area contributed by atoms with Gasteiger partial charge in [-0.15, -0.1) is 6.58 Å². The van der Waals surface area contributed by atoms with E-state index in [1.54, 1.807) is 0 Å². The first kappa shape index (κ1) is 17.6. The standard InChI is InChI=1S/C15H28O5/c1-2-3-4-5-6-7-8-9-10-19-15-14(18)13(17)12(16)11-20-15/h2,12-18H,1,3-11H2/t12-,13+,14-,15-/m1/s1. The first-order valence-electron chi connectivity index (χ1n) is 7.55. The van der Waals surface area contributed by atoms with E-state index in [1.165, 1.54) is 25.7 Å². The van der Waals surface area contributed by atoms with Crippen molar-refractivity contribution in [2.75, 3.05) is 13.2 Å². The van der Waals surface area contributed by atoms with Crippen molar-refractivity contribution in [1.82, 2.24) is 0 Å². The van der Waals surface area contributed by atoms with Gasteiger partial charge in [-0.1, -0.05) is 31.8 Å². The summed E-state index contributed by atoms with van der Waals surface area (Å²) in [5.41, 5.74) is 0. The van der Waals surface area contributed by atoms with E-state index in [1.807, 2.05) is 6.08 Å². The van der Waals surface area contributed by atoms with Crippen molar-refractivity contribution in [2.24, 2.45) is 0 Å². The van der Waals surface area contributed by atoms with Crippen LogP contribution in [0.15, 0.2) is 12.7 Å². The lowest BCUT2D eigenvalue weighted by Gasteiger charge is -2.34. The second-order valence-corrected chi connectivity index (χ2v) is 5.32. The normalized spacial score (nSPS) is 30.4. The zero-order chi connectivity index (χ0) is 14.8. The number of aliphatic hydroxyl groups excluding tert-OH is 3. The molecule has 0 aliphatic carbocycles. The molecule has 0 bridgehead atoms. The molecule has 5 nitrogen and oxygen atoms in total. The highest BCUT2D eigenvalue weighted by atomic mass is 16.7. The Labute approximate surface area is 121 Å². The summed E-state index contributed by atoms with van der Waals surface area (Å²) in [4.78, 5) is 0. The topological polar surface area (TPSA) is 79.2 Å². The van der Waals surface area contributed by atoms with E-state index < -0.39 is 24.6 Å². The molecule has 118 valence electrons. The third-order valence-corrected chi connectivity index (χ3v) is 3.54. The summed E-state index contributed by atoms with van der Waals surface area (Å²) in [6, 6.07) is 0. The number of hydrogen-bond acceptors (Lipinski definition) is 5. The highest BCUT2D eigenvalue weighted by molar-refractivity contribution is 4.82. The van der Waals surface area contributed by atoms with Crippen LogP contribution in [0.5, 0.6) is 0 Å². The average molecular weight is 288 g/mol. The van der Waals surface area contributed by atoms with Gasteiger partial charge in [0, 0.05) is 6.61 Å². The molecule has 0 unspecified atom stereocenters. The first-order chi connectivity index (χ1) is 9.66. The van der Waals surface area contributed by atoms with Crippen LogP contribution < -0.4 is 0 Å². The summed E-state index contributed by atoms with van der Waals surface area (Å²) in [5, 5.41) is 28.5. The summed E-state index contributed by atoms with van der Waals surface area (Å²) in [6.45, 7) is 4.19. The number of unbranched alkanes of at least 4 members (excludes halogenated alkanes) is 6. The van der Waals surface area contributed by atoms with E-state index in [-0.39, 0.29) is 6.61 Å². The molecule has 1 fully saturated rings. The fourth-order valence-corrected chi connectivity index (χ4v) is 2.22. The molecule has 1 heterocycles. The Morgan fingerprint density at radius 1 is 1.00 bits per heavy atom. The molecule has 0 aromatic carbocycles. The van der Waals surface area contributed by atoms with Crippen LogP contribution in [0.25, 0.3) is 0 Å². The van der Waals surface area contributed by atoms with Gasteiger partial charge in [0.05, 0.1) is 6.61 Å². The number of rotatable bonds is 10. The molecule has 0 aromatic heterocycles. The van der Waals surface area contributed by atoms with Crippen molar-refractivity contribution < 1.29 is 24.8 Å². The molecule has 0 spiro atoms. The lowest BCUT2D eigenvalue weighted by atomic mass is 10.1. The third kappa shape index (κ3) is 6.33. The Hall–Kier alpha value is -0.460. The largest absolute Gasteiger partial charge is 0.388 e. The molecule has 5 heteroatoms. The number of hydrogen-bond donors (Lipinski definition) is 3. The maximum atomic E-state index is 9.66. The van der Waals surface area contributed by atoms with Crippen molar-refractivity contribution in [3.8, 4) is 0 Å². The minimum atomic E-state index is -1.20. The zero-order valence-corrected chi connectivity index (χ0v) is 12.1. The van der Waals surface area contributed by atoms with Crippen LogP contribution in [0.3, 0.4) is 0 Å². The van der Waals surface area contributed by atoms with E-state index in [9.17, 15) is 15.3 Å². The second kappa shape index (κ2) is 10.3. The van der Waals surface area contributed by atoms with Crippen molar-refractivity contribution in [2.45, 2.75) is 69.5 Å². The highest BCUT2D eigenvalue weighted by Gasteiger charge is 2.37. The van der Waals surface area contributed by atoms with E-state index in [0.717, 1.165) is 19.3 Å². The van der Waals surface area contributed by atoms with Crippen LogP contribution in [0.1, 0.15) is 44.9 Å². The molecule has 1 aliphatic heterocycles. The first-order valence-corrected chi connectivity index (χ1v) is 7.55. The Balaban J connectivity index is 1.97. The van der Waals surface area contributed by atoms with Crippen LogP contribution in [0, 0.1) is 0 Å². The second-order valence-electron chi connectivity index (χ2n) is 5.32. The minimum absolute atomic E-state index is 0.00774. The molecule has 1 saturated heterocycles. The van der Waals surface area contributed by atoms with E-state index >= 15 is 0 Å². The van der Waals surface area contributed by atoms with Crippen molar-refractivity contribution in [3.63, 3.8) is 0 Å². The van der Waals surface area contributed by atoms with Gasteiger partial charge in [-0.2, -0.15) is 0 Å². The Bertz CT molecular complexity index is 259. The molecule has 0 aromatic rings. The summed E-state index contributed by atoms with van der Waals surface area (Å²) < 4.78 is 10.6. The quantitative estimate of drug-likeness (QED) is 0.418. The molecule has 0 radical (unpaired) electrons. The van der Waals surface area contributed by atoms with Gasteiger partial charge < -0.3 is 24.8 Å². The molecule has 1 aliphatic rings. The van der Waals surface area contributed by atoms with E-state index in [4.69, 9.17) is 9.47 Å². The summed E-state index contributed by atoms with van der Waals surface area (Å²) >= 11 is 0. The highest BCUT2D eigenvalue weighted by Crippen LogP contribution is 2.17. The molecule has 0 amide bonds. The molecule has 3 N–H and O–H groups in total. The lowest BCUT2D eigenvalue weighted by Crippen LogP contribution is -2.53. The van der Waals surface area contributed by atoms with Crippen LogP contribution in [0.4, 0.5) is 0 Å². The van der Waals surface area contributed by atoms with Crippen molar-refractivity contribution in [3.05, 3.63) is 12.7 Å². The van der Waals surface area contributed by atoms with Crippen molar-refractivity contribution in [1.29, 1.82) is 0 Å². The Morgan fingerprint density at radius 2 is 1.65 bits per heavy atom. The smallest absolute Gasteiger partial charge is 0.186 e. The minimum Gasteiger partial charge on any atom is -0.388 e. The molecule has 20 heavy (non-hydrogen) atoms. The predicted octanol–water partition coefficient (Wildman–Crippen LogP) is 1.36. The predicted molar refractivity (Wildman–Crippen MR) is 76.2 cm³/mol. The lowest BCUT2D eigenvalue weighted by molar-refractivity contribution is -0.270. The molecular weight excluding hydrogens is 260 g/mol. The van der Waals surface area contributed by atoms with Gasteiger partial charge in [0.15, 0.2) is 6.29 Å². The van der Waals surface area contributed by atoms with Gasteiger partial charge in [0.2, 0.25) is 0 Å². The SMILES string of the molecule is C=CCCCCCCCCO[C@@H]1OC[C@@H](O)[C@H](O)[C@H]1O. The fourth-order valence-electron chi connectivity index (χ4n) is 2.22. The fraction of sp³-hybridized carbons (Fsp3) is 0.867. The van der Waals surface area contributed by atoms with Gasteiger partial charge in [-0.05, 0) is 19.3 Å². The summed E-state index contributed by atoms with van der Waals surface area (Å²) in [6.07, 6.45) is 5.64. The van der Waals surface area contributed by atoms with Crippen molar-refractivity contribution >= 4 is 0 Å². The van der Waals surface area contributed by atoms with Gasteiger partial charge in [-0.3, -0.25) is 0 Å². The van der Waals surface area contributed by atoms with Gasteiger partial charge in [0.1, 0.15) is 18.3 Å². The van der Waals surface area contributed by atoms with Gasteiger partial charge in [0.25, 0.3) is 0 Å². The molecule has 1 rings (SSSR count). The van der Waals surface area contributed by atoms with Gasteiger partial charge in [-0.25, -0.2) is 0 Å². The van der Waals surface area contributed by atoms with Gasteiger partial charge >= 0.3 is 0 Å². The monoisotopic (exact) mass is 288 g/mol. The average Bonchev–Trinajstić information content (AvgIpc) is 2.45. The maximum Gasteiger partial charge on any atom is 0.186 e. The molecular formula is C15H28O5. The maximum absolute atomic E-state index is 9.66. The zero-order valence-electron chi connectivity index (χ0n) is 12.1. The van der Waals surface area contributed by atoms with Crippen LogP contribution in [-0.2, 0) is 9.47 Å². The number of aliphatic hydroxyl groups is 3. The van der Waals surface area contributed by atoms with E-state index in [0.29, 0.717) is 6.61 Å². The Morgan fingerprint density at radius 3 is 2.35 bits per heavy atom. The molecule has 0 saturated carbocycles. The number of allylic oxidation sites excluding steroid dienone is 1. The van der Waals surface area contributed by atoms with E-state index in [2.05, 4.69) is 6.58 Å². The molecule has 4 atom stereocenters. The number of ether oxygens (including phenoxy) is 2. The third-order valence-electron chi connectivity index (χ3n) is 3.54. The van der Waals surface area contributed by atoms with Crippen LogP contribution in [-0.4, -0.2) is 53.1 Å². The summed E-state index contributed by atoms with van der Waals surface area (Å²) in [5.74, 6) is 0. The summed E-state index contributed by atoms with van der Waals surface area (Å²) in [7, 11) is 0.